The van der Waals surface area contributed by atoms with Crippen LogP contribution in [0.3, 0.4) is 0 Å². The first-order chi connectivity index (χ1) is 11.9. The number of carboxylic acids is 1. The molecule has 132 valence electrons. The molecule has 0 saturated carbocycles. The molecule has 0 aliphatic heterocycles. The van der Waals surface area contributed by atoms with Gasteiger partial charge in [0, 0.05) is 11.8 Å². The Morgan fingerprint density at radius 3 is 2.56 bits per heavy atom. The number of anilines is 1. The summed E-state index contributed by atoms with van der Waals surface area (Å²) in [6, 6.07) is 11.9. The molecule has 0 aromatic heterocycles. The van der Waals surface area contributed by atoms with E-state index >= 15 is 0 Å². The summed E-state index contributed by atoms with van der Waals surface area (Å²) in [5.41, 5.74) is 1.52. The zero-order valence-electron chi connectivity index (χ0n) is 14.4. The van der Waals surface area contributed by atoms with E-state index in [1.54, 1.807) is 6.07 Å². The molecule has 1 amide bonds. The van der Waals surface area contributed by atoms with Crippen LogP contribution in [-0.4, -0.2) is 30.2 Å². The topological polar surface area (TPSA) is 84.9 Å². The van der Waals surface area contributed by atoms with Crippen LogP contribution < -0.4 is 14.8 Å². The second kappa shape index (κ2) is 8.19. The average Bonchev–Trinajstić information content (AvgIpc) is 2.59. The van der Waals surface area contributed by atoms with Gasteiger partial charge in [0.2, 0.25) is 0 Å². The number of benzene rings is 2. The molecule has 0 bridgehead atoms. The minimum Gasteiger partial charge on any atom is -0.496 e. The van der Waals surface area contributed by atoms with E-state index in [-0.39, 0.29) is 17.2 Å². The van der Waals surface area contributed by atoms with Crippen molar-refractivity contribution in [3.05, 3.63) is 53.6 Å². The van der Waals surface area contributed by atoms with Gasteiger partial charge in [-0.15, -0.1) is 0 Å². The molecule has 6 nitrogen and oxygen atoms in total. The van der Waals surface area contributed by atoms with Gasteiger partial charge < -0.3 is 19.9 Å². The predicted molar refractivity (Wildman–Crippen MR) is 94.5 cm³/mol. The molecule has 2 rings (SSSR count). The molecule has 0 saturated heterocycles. The van der Waals surface area contributed by atoms with E-state index in [2.05, 4.69) is 5.32 Å². The van der Waals surface area contributed by atoms with Crippen LogP contribution in [0.1, 0.15) is 29.3 Å². The van der Waals surface area contributed by atoms with E-state index < -0.39 is 12.1 Å². The first kappa shape index (κ1) is 18.3. The maximum atomic E-state index is 12.5. The number of amides is 1. The molecule has 1 unspecified atom stereocenters. The molecule has 6 heteroatoms. The minimum atomic E-state index is -1.09. The van der Waals surface area contributed by atoms with Crippen molar-refractivity contribution < 1.29 is 24.2 Å². The number of carbonyl (C=O) groups excluding carboxylic acids is 1. The molecule has 0 spiro atoms. The standard InChI is InChI=1S/C19H21NO5/c1-4-16(25-14-7-5-6-12(2)10-14)18(21)20-13-8-9-15(19(22)23)17(11-13)24-3/h5-11,16H,4H2,1-3H3,(H,20,21)(H,22,23). The van der Waals surface area contributed by atoms with E-state index in [1.807, 2.05) is 32.0 Å². The normalized spacial score (nSPS) is 11.5. The van der Waals surface area contributed by atoms with Gasteiger partial charge >= 0.3 is 5.97 Å². The van der Waals surface area contributed by atoms with Gasteiger partial charge in [0.1, 0.15) is 17.1 Å². The van der Waals surface area contributed by atoms with E-state index in [9.17, 15) is 9.59 Å². The number of nitrogens with one attached hydrogen (secondary N) is 1. The third kappa shape index (κ3) is 4.73. The molecular formula is C19H21NO5. The molecule has 25 heavy (non-hydrogen) atoms. The molecule has 0 radical (unpaired) electrons. The number of carbonyl (C=O) groups is 2. The molecule has 0 aliphatic carbocycles. The fourth-order valence-electron chi connectivity index (χ4n) is 2.34. The van der Waals surface area contributed by atoms with E-state index in [0.29, 0.717) is 17.9 Å². The van der Waals surface area contributed by atoms with Gasteiger partial charge in [-0.3, -0.25) is 4.79 Å². The highest BCUT2D eigenvalue weighted by atomic mass is 16.5. The molecule has 1 atom stereocenters. The van der Waals surface area contributed by atoms with Crippen LogP contribution in [0.2, 0.25) is 0 Å². The number of ether oxygens (including phenoxy) is 2. The number of methoxy groups -OCH3 is 1. The second-order valence-electron chi connectivity index (χ2n) is 5.54. The monoisotopic (exact) mass is 343 g/mol. The van der Waals surface area contributed by atoms with Crippen molar-refractivity contribution in [2.75, 3.05) is 12.4 Å². The van der Waals surface area contributed by atoms with Crippen molar-refractivity contribution in [2.24, 2.45) is 0 Å². The minimum absolute atomic E-state index is 0.0311. The Labute approximate surface area is 146 Å². The summed E-state index contributed by atoms with van der Waals surface area (Å²) >= 11 is 0. The Morgan fingerprint density at radius 2 is 1.96 bits per heavy atom. The van der Waals surface area contributed by atoms with Crippen LogP contribution in [-0.2, 0) is 4.79 Å². The van der Waals surface area contributed by atoms with Gasteiger partial charge in [-0.25, -0.2) is 4.79 Å². The van der Waals surface area contributed by atoms with Crippen molar-refractivity contribution in [1.29, 1.82) is 0 Å². The third-order valence-electron chi connectivity index (χ3n) is 3.63. The third-order valence-corrected chi connectivity index (χ3v) is 3.63. The van der Waals surface area contributed by atoms with Crippen LogP contribution in [0.25, 0.3) is 0 Å². The summed E-state index contributed by atoms with van der Waals surface area (Å²) in [7, 11) is 1.38. The Bertz CT molecular complexity index is 772. The van der Waals surface area contributed by atoms with Crippen LogP contribution >= 0.6 is 0 Å². The largest absolute Gasteiger partial charge is 0.496 e. The van der Waals surface area contributed by atoms with Gasteiger partial charge in [-0.2, -0.15) is 0 Å². The highest BCUT2D eigenvalue weighted by molar-refractivity contribution is 5.96. The van der Waals surface area contributed by atoms with Gasteiger partial charge in [-0.05, 0) is 43.2 Å². The number of aromatic carboxylic acids is 1. The number of rotatable bonds is 7. The maximum Gasteiger partial charge on any atom is 0.339 e. The Kier molecular flexibility index (Phi) is 6.00. The SMILES string of the molecule is CCC(Oc1cccc(C)c1)C(=O)Nc1ccc(C(=O)O)c(OC)c1. The van der Waals surface area contributed by atoms with Gasteiger partial charge in [0.25, 0.3) is 5.91 Å². The molecule has 2 aromatic rings. The lowest BCUT2D eigenvalue weighted by Gasteiger charge is -2.18. The smallest absolute Gasteiger partial charge is 0.339 e. The molecule has 2 N–H and O–H groups in total. The van der Waals surface area contributed by atoms with Crippen molar-refractivity contribution in [3.8, 4) is 11.5 Å². The number of hydrogen-bond donors (Lipinski definition) is 2. The van der Waals surface area contributed by atoms with Crippen LogP contribution in [0, 0.1) is 6.92 Å². The molecular weight excluding hydrogens is 322 g/mol. The van der Waals surface area contributed by atoms with Gasteiger partial charge in [-0.1, -0.05) is 19.1 Å². The van der Waals surface area contributed by atoms with Crippen LogP contribution in [0.4, 0.5) is 5.69 Å². The fourth-order valence-corrected chi connectivity index (χ4v) is 2.34. The predicted octanol–water partition coefficient (Wildman–Crippen LogP) is 3.50. The van der Waals surface area contributed by atoms with E-state index in [4.69, 9.17) is 14.6 Å². The van der Waals surface area contributed by atoms with E-state index in [0.717, 1.165) is 5.56 Å². The lowest BCUT2D eigenvalue weighted by atomic mass is 10.1. The van der Waals surface area contributed by atoms with Gasteiger partial charge in [0.15, 0.2) is 6.10 Å². The Morgan fingerprint density at radius 1 is 1.20 bits per heavy atom. The average molecular weight is 343 g/mol. The highest BCUT2D eigenvalue weighted by Crippen LogP contribution is 2.24. The second-order valence-corrected chi connectivity index (χ2v) is 5.54. The first-order valence-corrected chi connectivity index (χ1v) is 7.90. The first-order valence-electron chi connectivity index (χ1n) is 7.90. The summed E-state index contributed by atoms with van der Waals surface area (Å²) < 4.78 is 10.8. The van der Waals surface area contributed by atoms with Crippen molar-refractivity contribution in [3.63, 3.8) is 0 Å². The number of hydrogen-bond acceptors (Lipinski definition) is 4. The quantitative estimate of drug-likeness (QED) is 0.804. The van der Waals surface area contributed by atoms with Crippen molar-refractivity contribution in [2.45, 2.75) is 26.4 Å². The maximum absolute atomic E-state index is 12.5. The molecule has 0 fully saturated rings. The van der Waals surface area contributed by atoms with Crippen molar-refractivity contribution in [1.82, 2.24) is 0 Å². The summed E-state index contributed by atoms with van der Waals surface area (Å²) in [4.78, 5) is 23.6. The van der Waals surface area contributed by atoms with Gasteiger partial charge in [0.05, 0.1) is 7.11 Å². The number of aryl methyl sites for hydroxylation is 1. The fraction of sp³-hybridized carbons (Fsp3) is 0.263. The zero-order valence-corrected chi connectivity index (χ0v) is 14.4. The Balaban J connectivity index is 2.12. The van der Waals surface area contributed by atoms with Crippen molar-refractivity contribution >= 4 is 17.6 Å². The van der Waals surface area contributed by atoms with Crippen LogP contribution in [0.15, 0.2) is 42.5 Å². The van der Waals surface area contributed by atoms with Crippen LogP contribution in [0.5, 0.6) is 11.5 Å². The summed E-state index contributed by atoms with van der Waals surface area (Å²) in [5.74, 6) is -0.600. The summed E-state index contributed by atoms with van der Waals surface area (Å²) in [5, 5.41) is 11.8. The molecule has 0 aliphatic rings. The molecule has 2 aromatic carbocycles. The molecule has 0 heterocycles. The highest BCUT2D eigenvalue weighted by Gasteiger charge is 2.20. The lowest BCUT2D eigenvalue weighted by molar-refractivity contribution is -0.122. The Hall–Kier alpha value is -3.02. The summed E-state index contributed by atoms with van der Waals surface area (Å²) in [6.45, 7) is 3.80. The summed E-state index contributed by atoms with van der Waals surface area (Å²) in [6.07, 6.45) is -0.170. The number of carboxylic acid groups (broad SMARTS) is 1. The van der Waals surface area contributed by atoms with E-state index in [1.165, 1.54) is 25.3 Å². The lowest BCUT2D eigenvalue weighted by Crippen LogP contribution is -2.32. The zero-order chi connectivity index (χ0) is 18.4.